The summed E-state index contributed by atoms with van der Waals surface area (Å²) in [7, 11) is 0. The summed E-state index contributed by atoms with van der Waals surface area (Å²) < 4.78 is 1.11. The molecule has 1 unspecified atom stereocenters. The van der Waals surface area contributed by atoms with Gasteiger partial charge in [0.15, 0.2) is 0 Å². The van der Waals surface area contributed by atoms with Gasteiger partial charge in [-0.05, 0) is 12.3 Å². The van der Waals surface area contributed by atoms with Crippen LogP contribution in [0.4, 0.5) is 0 Å². The van der Waals surface area contributed by atoms with E-state index in [2.05, 4.69) is 19.3 Å². The van der Waals surface area contributed by atoms with Crippen LogP contribution >= 0.6 is 24.0 Å². The van der Waals surface area contributed by atoms with Crippen molar-refractivity contribution in [2.45, 2.75) is 13.8 Å². The summed E-state index contributed by atoms with van der Waals surface area (Å²) in [5, 5.41) is 2.13. The minimum atomic E-state index is 0.537. The fourth-order valence-electron chi connectivity index (χ4n) is 0.541. The Bertz CT molecular complexity index is 147. The van der Waals surface area contributed by atoms with Crippen LogP contribution in [0.25, 0.3) is 0 Å². The van der Waals surface area contributed by atoms with Crippen molar-refractivity contribution in [2.24, 2.45) is 5.92 Å². The molecule has 2 heteroatoms. The molecule has 1 rings (SSSR count). The average molecular weight is 144 g/mol. The highest BCUT2D eigenvalue weighted by molar-refractivity contribution is 8.25. The summed E-state index contributed by atoms with van der Waals surface area (Å²) in [6.45, 7) is 4.27. The van der Waals surface area contributed by atoms with Crippen LogP contribution in [0.2, 0.25) is 0 Å². The standard InChI is InChI=1S/C6H8S2/c1-4-3-8-6(7)5(4)2/h3,5H,1-2H3. The molecule has 44 valence electrons. The van der Waals surface area contributed by atoms with Gasteiger partial charge in [0.05, 0.1) is 4.20 Å². The Balaban J connectivity index is 2.72. The zero-order valence-corrected chi connectivity index (χ0v) is 6.60. The fraction of sp³-hybridized carbons (Fsp3) is 0.500. The van der Waals surface area contributed by atoms with Crippen molar-refractivity contribution in [3.8, 4) is 0 Å². The maximum Gasteiger partial charge on any atom is 0.0589 e. The van der Waals surface area contributed by atoms with E-state index in [1.54, 1.807) is 11.8 Å². The Kier molecular flexibility index (Phi) is 1.73. The summed E-state index contributed by atoms with van der Waals surface area (Å²) >= 11 is 6.71. The van der Waals surface area contributed by atoms with Crippen molar-refractivity contribution in [1.29, 1.82) is 0 Å². The molecule has 0 N–H and O–H groups in total. The molecule has 0 amide bonds. The Morgan fingerprint density at radius 3 is 2.50 bits per heavy atom. The highest BCUT2D eigenvalue weighted by atomic mass is 32.2. The number of thioether (sulfide) groups is 1. The molecule has 0 nitrogen and oxygen atoms in total. The van der Waals surface area contributed by atoms with Gasteiger partial charge in [0.2, 0.25) is 0 Å². The first-order valence-corrected chi connectivity index (χ1v) is 3.88. The molecule has 0 aromatic rings. The minimum absolute atomic E-state index is 0.537. The summed E-state index contributed by atoms with van der Waals surface area (Å²) in [5.74, 6) is 0.537. The van der Waals surface area contributed by atoms with Crippen LogP contribution in [-0.4, -0.2) is 4.20 Å². The normalized spacial score (nSPS) is 28.5. The van der Waals surface area contributed by atoms with E-state index in [1.165, 1.54) is 5.57 Å². The molecule has 0 aromatic heterocycles. The summed E-state index contributed by atoms with van der Waals surface area (Å²) in [5.41, 5.74) is 1.40. The van der Waals surface area contributed by atoms with Crippen molar-refractivity contribution in [1.82, 2.24) is 0 Å². The summed E-state index contributed by atoms with van der Waals surface area (Å²) in [4.78, 5) is 0. The molecule has 0 bridgehead atoms. The molecule has 1 heterocycles. The van der Waals surface area contributed by atoms with Gasteiger partial charge in [0.1, 0.15) is 0 Å². The first kappa shape index (κ1) is 6.30. The molecule has 1 atom stereocenters. The third kappa shape index (κ3) is 0.955. The van der Waals surface area contributed by atoms with Crippen molar-refractivity contribution < 1.29 is 0 Å². The molecule has 8 heavy (non-hydrogen) atoms. The van der Waals surface area contributed by atoms with E-state index < -0.39 is 0 Å². The van der Waals surface area contributed by atoms with Crippen LogP contribution < -0.4 is 0 Å². The molecule has 1 aliphatic rings. The van der Waals surface area contributed by atoms with E-state index in [0.717, 1.165) is 4.20 Å². The maximum absolute atomic E-state index is 5.03. The van der Waals surface area contributed by atoms with E-state index in [4.69, 9.17) is 12.2 Å². The van der Waals surface area contributed by atoms with Crippen molar-refractivity contribution >= 4 is 28.2 Å². The monoisotopic (exact) mass is 144 g/mol. The highest BCUT2D eigenvalue weighted by Crippen LogP contribution is 2.29. The van der Waals surface area contributed by atoms with Crippen LogP contribution in [0.3, 0.4) is 0 Å². The Labute approximate surface area is 59.4 Å². The molecule has 0 saturated carbocycles. The van der Waals surface area contributed by atoms with Crippen molar-refractivity contribution in [3.05, 3.63) is 11.0 Å². The lowest BCUT2D eigenvalue weighted by Crippen LogP contribution is -1.97. The van der Waals surface area contributed by atoms with Gasteiger partial charge < -0.3 is 0 Å². The number of hydrogen-bond acceptors (Lipinski definition) is 2. The predicted octanol–water partition coefficient (Wildman–Crippen LogP) is 2.60. The van der Waals surface area contributed by atoms with Gasteiger partial charge in [0.25, 0.3) is 0 Å². The first-order valence-electron chi connectivity index (χ1n) is 2.59. The molecule has 0 aromatic carbocycles. The second kappa shape index (κ2) is 2.19. The predicted molar refractivity (Wildman–Crippen MR) is 43.1 cm³/mol. The molecule has 0 spiro atoms. The summed E-state index contributed by atoms with van der Waals surface area (Å²) in [6, 6.07) is 0. The summed E-state index contributed by atoms with van der Waals surface area (Å²) in [6.07, 6.45) is 0. The zero-order valence-electron chi connectivity index (χ0n) is 4.97. The van der Waals surface area contributed by atoms with Crippen LogP contribution in [0, 0.1) is 5.92 Å². The molecule has 0 aliphatic carbocycles. The second-order valence-corrected chi connectivity index (χ2v) is 3.63. The molecular formula is C6H8S2. The van der Waals surface area contributed by atoms with Gasteiger partial charge in [-0.15, -0.1) is 0 Å². The van der Waals surface area contributed by atoms with Gasteiger partial charge in [0, 0.05) is 5.92 Å². The topological polar surface area (TPSA) is 0 Å². The smallest absolute Gasteiger partial charge is 0.0589 e. The van der Waals surface area contributed by atoms with Crippen molar-refractivity contribution in [3.63, 3.8) is 0 Å². The van der Waals surface area contributed by atoms with Gasteiger partial charge >= 0.3 is 0 Å². The largest absolute Gasteiger partial charge is 0.0901 e. The van der Waals surface area contributed by atoms with Crippen LogP contribution in [0.1, 0.15) is 13.8 Å². The van der Waals surface area contributed by atoms with E-state index in [1.807, 2.05) is 0 Å². The third-order valence-corrected chi connectivity index (χ3v) is 3.12. The van der Waals surface area contributed by atoms with E-state index in [-0.39, 0.29) is 0 Å². The molecule has 0 saturated heterocycles. The SMILES string of the molecule is CC1=CSC(=S)C1C. The Morgan fingerprint density at radius 1 is 1.75 bits per heavy atom. The Hall–Kier alpha value is 0.180. The van der Waals surface area contributed by atoms with Crippen LogP contribution in [-0.2, 0) is 0 Å². The molecular weight excluding hydrogens is 136 g/mol. The molecule has 0 fully saturated rings. The van der Waals surface area contributed by atoms with Gasteiger partial charge in [-0.25, -0.2) is 0 Å². The third-order valence-electron chi connectivity index (χ3n) is 1.40. The van der Waals surface area contributed by atoms with E-state index in [0.29, 0.717) is 5.92 Å². The lowest BCUT2D eigenvalue weighted by Gasteiger charge is -1.99. The Morgan fingerprint density at radius 2 is 2.38 bits per heavy atom. The van der Waals surface area contributed by atoms with Crippen LogP contribution in [0.15, 0.2) is 11.0 Å². The van der Waals surface area contributed by atoms with Gasteiger partial charge in [-0.2, -0.15) is 0 Å². The number of rotatable bonds is 0. The van der Waals surface area contributed by atoms with E-state index >= 15 is 0 Å². The lowest BCUT2D eigenvalue weighted by molar-refractivity contribution is 0.954. The lowest BCUT2D eigenvalue weighted by atomic mass is 10.1. The number of allylic oxidation sites excluding steroid dienone is 1. The average Bonchev–Trinajstić information content (AvgIpc) is 1.98. The molecule has 1 aliphatic heterocycles. The zero-order chi connectivity index (χ0) is 6.15. The van der Waals surface area contributed by atoms with Gasteiger partial charge in [-0.1, -0.05) is 36.5 Å². The molecule has 0 radical (unpaired) electrons. The van der Waals surface area contributed by atoms with Gasteiger partial charge in [-0.3, -0.25) is 0 Å². The van der Waals surface area contributed by atoms with E-state index in [9.17, 15) is 0 Å². The second-order valence-electron chi connectivity index (χ2n) is 2.02. The fourth-order valence-corrected chi connectivity index (χ4v) is 1.77. The van der Waals surface area contributed by atoms with Crippen molar-refractivity contribution in [2.75, 3.05) is 0 Å². The van der Waals surface area contributed by atoms with Crippen LogP contribution in [0.5, 0.6) is 0 Å². The number of hydrogen-bond donors (Lipinski definition) is 0. The number of thiocarbonyl (C=S) groups is 1. The minimum Gasteiger partial charge on any atom is -0.0901 e. The first-order chi connectivity index (χ1) is 3.72. The quantitative estimate of drug-likeness (QED) is 0.479. The maximum atomic E-state index is 5.03. The highest BCUT2D eigenvalue weighted by Gasteiger charge is 2.15.